The third-order valence-electron chi connectivity index (χ3n) is 6.63. The number of hydrogen-bond donors (Lipinski definition) is 0. The maximum atomic E-state index is 13.5. The van der Waals surface area contributed by atoms with Gasteiger partial charge in [0.05, 0.1) is 6.04 Å². The van der Waals surface area contributed by atoms with Crippen molar-refractivity contribution in [3.05, 3.63) is 59.8 Å². The van der Waals surface area contributed by atoms with E-state index in [1.54, 1.807) is 16.0 Å². The minimum Gasteiger partial charge on any atom is -0.445 e. The quantitative estimate of drug-likeness (QED) is 0.481. The summed E-state index contributed by atoms with van der Waals surface area (Å²) < 4.78 is 11.5. The summed E-state index contributed by atoms with van der Waals surface area (Å²) in [4.78, 5) is 34.8. The van der Waals surface area contributed by atoms with Gasteiger partial charge in [-0.25, -0.2) is 14.6 Å². The topological polar surface area (TPSA) is 72.0 Å². The molecular formula is C28H37N3O4. The number of carbonyl (C=O) groups is 2. The van der Waals surface area contributed by atoms with Crippen LogP contribution in [-0.2, 0) is 16.1 Å². The van der Waals surface area contributed by atoms with Crippen LogP contribution in [0.1, 0.15) is 82.9 Å². The minimum absolute atomic E-state index is 0.0344. The van der Waals surface area contributed by atoms with E-state index in [4.69, 9.17) is 9.47 Å². The first kappa shape index (κ1) is 25.0. The third-order valence-corrected chi connectivity index (χ3v) is 6.63. The number of aromatic nitrogens is 1. The predicted molar refractivity (Wildman–Crippen MR) is 135 cm³/mol. The van der Waals surface area contributed by atoms with E-state index in [1.165, 1.54) is 6.42 Å². The van der Waals surface area contributed by atoms with E-state index in [0.29, 0.717) is 12.4 Å². The van der Waals surface area contributed by atoms with Crippen LogP contribution in [0, 0.1) is 0 Å². The molecule has 1 aromatic heterocycles. The Morgan fingerprint density at radius 2 is 1.74 bits per heavy atom. The SMILES string of the molecule is CC(C)(C)OC(=O)N(c1ncccc1[C@@H]1CCCN1C(=O)OCc1ccccc1)C1CCCCC1. The summed E-state index contributed by atoms with van der Waals surface area (Å²) in [5.41, 5.74) is 1.21. The zero-order valence-electron chi connectivity index (χ0n) is 21.1. The molecule has 0 N–H and O–H groups in total. The second-order valence-corrected chi connectivity index (χ2v) is 10.5. The molecule has 0 unspecified atom stereocenters. The third kappa shape index (κ3) is 6.32. The summed E-state index contributed by atoms with van der Waals surface area (Å²) >= 11 is 0. The van der Waals surface area contributed by atoms with Gasteiger partial charge in [0.2, 0.25) is 0 Å². The van der Waals surface area contributed by atoms with E-state index in [2.05, 4.69) is 4.98 Å². The highest BCUT2D eigenvalue weighted by atomic mass is 16.6. The molecule has 1 aliphatic carbocycles. The molecule has 2 fully saturated rings. The van der Waals surface area contributed by atoms with E-state index in [0.717, 1.165) is 49.7 Å². The normalized spacial score (nSPS) is 18.8. The number of likely N-dealkylation sites (tertiary alicyclic amines) is 1. The maximum absolute atomic E-state index is 13.5. The fraction of sp³-hybridized carbons (Fsp3) is 0.536. The van der Waals surface area contributed by atoms with E-state index < -0.39 is 5.60 Å². The minimum atomic E-state index is -0.612. The fourth-order valence-corrected chi connectivity index (χ4v) is 5.04. The summed E-state index contributed by atoms with van der Waals surface area (Å²) in [6.07, 6.45) is 7.84. The predicted octanol–water partition coefficient (Wildman–Crippen LogP) is 6.63. The van der Waals surface area contributed by atoms with Crippen LogP contribution in [0.3, 0.4) is 0 Å². The Balaban J connectivity index is 1.60. The lowest BCUT2D eigenvalue weighted by atomic mass is 9.93. The van der Waals surface area contributed by atoms with Crippen LogP contribution in [-0.4, -0.2) is 40.3 Å². The van der Waals surface area contributed by atoms with Crippen LogP contribution in [0.25, 0.3) is 0 Å². The molecule has 1 saturated carbocycles. The number of nitrogens with zero attached hydrogens (tertiary/aromatic N) is 3. The molecule has 0 spiro atoms. The van der Waals surface area contributed by atoms with E-state index >= 15 is 0 Å². The molecule has 2 heterocycles. The van der Waals surface area contributed by atoms with Crippen molar-refractivity contribution >= 4 is 18.0 Å². The molecule has 1 atom stereocenters. The molecule has 1 aliphatic heterocycles. The highest BCUT2D eigenvalue weighted by Crippen LogP contribution is 2.39. The van der Waals surface area contributed by atoms with Gasteiger partial charge in [-0.2, -0.15) is 0 Å². The molecule has 2 aliphatic rings. The Labute approximate surface area is 208 Å². The highest BCUT2D eigenvalue weighted by Gasteiger charge is 2.38. The molecule has 35 heavy (non-hydrogen) atoms. The monoisotopic (exact) mass is 479 g/mol. The van der Waals surface area contributed by atoms with Crippen LogP contribution in [0.15, 0.2) is 48.7 Å². The Bertz CT molecular complexity index is 999. The largest absolute Gasteiger partial charge is 0.445 e. The van der Waals surface area contributed by atoms with Gasteiger partial charge in [-0.15, -0.1) is 0 Å². The van der Waals surface area contributed by atoms with Crippen molar-refractivity contribution in [3.63, 3.8) is 0 Å². The molecule has 2 aromatic rings. The zero-order chi connectivity index (χ0) is 24.8. The number of carbonyl (C=O) groups excluding carboxylic acids is 2. The number of amides is 2. The van der Waals surface area contributed by atoms with Gasteiger partial charge in [-0.3, -0.25) is 4.90 Å². The maximum Gasteiger partial charge on any atom is 0.416 e. The first-order valence-electron chi connectivity index (χ1n) is 12.8. The van der Waals surface area contributed by atoms with Crippen LogP contribution in [0.5, 0.6) is 0 Å². The number of rotatable bonds is 5. The summed E-state index contributed by atoms with van der Waals surface area (Å²) in [5.74, 6) is 0.599. The fourth-order valence-electron chi connectivity index (χ4n) is 5.04. The average molecular weight is 480 g/mol. The number of pyridine rings is 1. The average Bonchev–Trinajstić information content (AvgIpc) is 3.33. The Morgan fingerprint density at radius 3 is 2.46 bits per heavy atom. The van der Waals surface area contributed by atoms with E-state index in [9.17, 15) is 9.59 Å². The van der Waals surface area contributed by atoms with Gasteiger partial charge in [0.25, 0.3) is 0 Å². The van der Waals surface area contributed by atoms with Crippen molar-refractivity contribution in [1.82, 2.24) is 9.88 Å². The Morgan fingerprint density at radius 1 is 1.00 bits per heavy atom. The van der Waals surface area contributed by atoms with Crippen molar-refractivity contribution in [2.24, 2.45) is 0 Å². The van der Waals surface area contributed by atoms with E-state index in [-0.39, 0.29) is 30.9 Å². The molecule has 188 valence electrons. The highest BCUT2D eigenvalue weighted by molar-refractivity contribution is 5.88. The lowest BCUT2D eigenvalue weighted by molar-refractivity contribution is 0.0556. The van der Waals surface area contributed by atoms with Gasteiger partial charge in [-0.05, 0) is 58.1 Å². The lowest BCUT2D eigenvalue weighted by Gasteiger charge is -2.37. The number of benzene rings is 1. The number of anilines is 1. The van der Waals surface area contributed by atoms with Crippen LogP contribution in [0.4, 0.5) is 15.4 Å². The molecule has 1 aromatic carbocycles. The lowest BCUT2D eigenvalue weighted by Crippen LogP contribution is -2.46. The van der Waals surface area contributed by atoms with Crippen molar-refractivity contribution in [1.29, 1.82) is 0 Å². The Hall–Kier alpha value is -3.09. The first-order valence-corrected chi connectivity index (χ1v) is 12.8. The van der Waals surface area contributed by atoms with Crippen LogP contribution < -0.4 is 4.90 Å². The van der Waals surface area contributed by atoms with Crippen LogP contribution in [0.2, 0.25) is 0 Å². The molecule has 0 radical (unpaired) electrons. The summed E-state index contributed by atoms with van der Waals surface area (Å²) in [7, 11) is 0. The van der Waals surface area contributed by atoms with Crippen LogP contribution >= 0.6 is 0 Å². The molecule has 2 amide bonds. The molecule has 7 heteroatoms. The van der Waals surface area contributed by atoms with E-state index in [1.807, 2.05) is 63.2 Å². The molecular weight excluding hydrogens is 442 g/mol. The molecule has 7 nitrogen and oxygen atoms in total. The summed E-state index contributed by atoms with van der Waals surface area (Å²) in [6.45, 7) is 6.48. The number of ether oxygens (including phenoxy) is 2. The second-order valence-electron chi connectivity index (χ2n) is 10.5. The molecule has 1 saturated heterocycles. The second kappa shape index (κ2) is 11.1. The standard InChI is InChI=1S/C28H37N3O4/c1-28(2,3)35-27(33)31(22-14-8-5-9-15-22)25-23(16-10-18-29-25)24-17-11-19-30(24)26(32)34-20-21-12-6-4-7-13-21/h4,6-7,10,12-13,16,18,22,24H,5,8-9,11,14-15,17,19-20H2,1-3H3/t24-/m0/s1. The first-order chi connectivity index (χ1) is 16.8. The van der Waals surface area contributed by atoms with Gasteiger partial charge in [0.1, 0.15) is 18.0 Å². The Kier molecular flexibility index (Phi) is 7.93. The number of hydrogen-bond acceptors (Lipinski definition) is 5. The summed E-state index contributed by atoms with van der Waals surface area (Å²) in [5, 5.41) is 0. The van der Waals surface area contributed by atoms with Gasteiger partial charge in [0.15, 0.2) is 0 Å². The molecule has 0 bridgehead atoms. The van der Waals surface area contributed by atoms with Crippen molar-refractivity contribution in [2.75, 3.05) is 11.4 Å². The van der Waals surface area contributed by atoms with Crippen molar-refractivity contribution in [3.8, 4) is 0 Å². The van der Waals surface area contributed by atoms with Crippen molar-refractivity contribution in [2.45, 2.75) is 90.0 Å². The van der Waals surface area contributed by atoms with Gasteiger partial charge in [0, 0.05) is 24.3 Å². The zero-order valence-corrected chi connectivity index (χ0v) is 21.1. The van der Waals surface area contributed by atoms with Crippen molar-refractivity contribution < 1.29 is 19.1 Å². The van der Waals surface area contributed by atoms with Gasteiger partial charge >= 0.3 is 12.2 Å². The van der Waals surface area contributed by atoms with Gasteiger partial charge in [-0.1, -0.05) is 55.7 Å². The van der Waals surface area contributed by atoms with Gasteiger partial charge < -0.3 is 14.4 Å². The molecule has 4 rings (SSSR count). The smallest absolute Gasteiger partial charge is 0.416 e. The summed E-state index contributed by atoms with van der Waals surface area (Å²) in [6, 6.07) is 13.4.